The highest BCUT2D eigenvalue weighted by Gasteiger charge is 2.38. The number of benzene rings is 1. The van der Waals surface area contributed by atoms with Crippen LogP contribution in [0.4, 0.5) is 18.9 Å². The number of nitrogens with zero attached hydrogens (tertiary/aromatic N) is 1. The standard InChI is InChI=1S/C12H14BrF3N2/c13-9-3-8(6-17)4-11(5-9)18(10-1-2-10)7-12(14,15)16/h3-5,10H,1-2,6-7,17H2. The molecule has 0 amide bonds. The lowest BCUT2D eigenvalue weighted by atomic mass is 10.2. The Balaban J connectivity index is 2.27. The number of hydrogen-bond donors (Lipinski definition) is 1. The number of anilines is 1. The molecular formula is C12H14BrF3N2. The smallest absolute Gasteiger partial charge is 0.359 e. The summed E-state index contributed by atoms with van der Waals surface area (Å²) in [6.07, 6.45) is -2.55. The molecule has 1 aliphatic carbocycles. The van der Waals surface area contributed by atoms with Gasteiger partial charge in [0.2, 0.25) is 0 Å². The molecule has 0 unspecified atom stereocenters. The van der Waals surface area contributed by atoms with Crippen LogP contribution in [0.5, 0.6) is 0 Å². The van der Waals surface area contributed by atoms with Gasteiger partial charge in [-0.05, 0) is 36.6 Å². The van der Waals surface area contributed by atoms with E-state index < -0.39 is 12.7 Å². The molecule has 1 saturated carbocycles. The Morgan fingerprint density at radius 3 is 2.44 bits per heavy atom. The van der Waals surface area contributed by atoms with Crippen LogP contribution in [0.2, 0.25) is 0 Å². The summed E-state index contributed by atoms with van der Waals surface area (Å²) in [5.41, 5.74) is 6.96. The van der Waals surface area contributed by atoms with E-state index in [0.717, 1.165) is 22.9 Å². The van der Waals surface area contributed by atoms with Gasteiger partial charge in [-0.15, -0.1) is 0 Å². The predicted molar refractivity (Wildman–Crippen MR) is 68.5 cm³/mol. The van der Waals surface area contributed by atoms with Crippen molar-refractivity contribution in [3.63, 3.8) is 0 Å². The van der Waals surface area contributed by atoms with E-state index >= 15 is 0 Å². The summed E-state index contributed by atoms with van der Waals surface area (Å²) in [4.78, 5) is 1.42. The van der Waals surface area contributed by atoms with Gasteiger partial charge in [0, 0.05) is 22.7 Å². The molecule has 2 nitrogen and oxygen atoms in total. The third-order valence-corrected chi connectivity index (χ3v) is 3.30. The summed E-state index contributed by atoms with van der Waals surface area (Å²) >= 11 is 3.31. The molecule has 0 bridgehead atoms. The molecule has 0 heterocycles. The summed E-state index contributed by atoms with van der Waals surface area (Å²) in [5.74, 6) is 0. The van der Waals surface area contributed by atoms with E-state index in [0.29, 0.717) is 12.2 Å². The first kappa shape index (κ1) is 13.7. The molecule has 100 valence electrons. The molecular weight excluding hydrogens is 309 g/mol. The molecule has 0 aromatic heterocycles. The van der Waals surface area contributed by atoms with E-state index in [1.165, 1.54) is 4.90 Å². The topological polar surface area (TPSA) is 29.3 Å². The van der Waals surface area contributed by atoms with Gasteiger partial charge in [0.15, 0.2) is 0 Å². The Morgan fingerprint density at radius 2 is 1.94 bits per heavy atom. The van der Waals surface area contributed by atoms with Crippen molar-refractivity contribution >= 4 is 21.6 Å². The molecule has 1 aromatic carbocycles. The molecule has 0 atom stereocenters. The highest BCUT2D eigenvalue weighted by atomic mass is 79.9. The lowest BCUT2D eigenvalue weighted by Gasteiger charge is -2.26. The third-order valence-electron chi connectivity index (χ3n) is 2.85. The fourth-order valence-corrected chi connectivity index (χ4v) is 2.46. The van der Waals surface area contributed by atoms with Crippen molar-refractivity contribution < 1.29 is 13.2 Å². The maximum Gasteiger partial charge on any atom is 0.405 e. The first-order valence-electron chi connectivity index (χ1n) is 5.72. The highest BCUT2D eigenvalue weighted by Crippen LogP contribution is 2.35. The lowest BCUT2D eigenvalue weighted by molar-refractivity contribution is -0.120. The fourth-order valence-electron chi connectivity index (χ4n) is 1.93. The average Bonchev–Trinajstić information content (AvgIpc) is 3.07. The van der Waals surface area contributed by atoms with E-state index in [4.69, 9.17) is 5.73 Å². The zero-order chi connectivity index (χ0) is 13.3. The SMILES string of the molecule is NCc1cc(Br)cc(N(CC(F)(F)F)C2CC2)c1. The number of nitrogens with two attached hydrogens (primary N) is 1. The van der Waals surface area contributed by atoms with Crippen molar-refractivity contribution in [2.75, 3.05) is 11.4 Å². The molecule has 0 radical (unpaired) electrons. The van der Waals surface area contributed by atoms with Gasteiger partial charge in [0.1, 0.15) is 6.54 Å². The van der Waals surface area contributed by atoms with E-state index in [1.54, 1.807) is 12.1 Å². The van der Waals surface area contributed by atoms with Crippen LogP contribution in [0.3, 0.4) is 0 Å². The second-order valence-electron chi connectivity index (χ2n) is 4.50. The summed E-state index contributed by atoms with van der Waals surface area (Å²) in [7, 11) is 0. The zero-order valence-electron chi connectivity index (χ0n) is 9.67. The van der Waals surface area contributed by atoms with Gasteiger partial charge in [0.05, 0.1) is 0 Å². The fraction of sp³-hybridized carbons (Fsp3) is 0.500. The second-order valence-corrected chi connectivity index (χ2v) is 5.41. The van der Waals surface area contributed by atoms with Crippen molar-refractivity contribution in [3.05, 3.63) is 28.2 Å². The number of alkyl halides is 3. The van der Waals surface area contributed by atoms with Crippen LogP contribution in [0.15, 0.2) is 22.7 Å². The zero-order valence-corrected chi connectivity index (χ0v) is 11.3. The quantitative estimate of drug-likeness (QED) is 0.920. The largest absolute Gasteiger partial charge is 0.405 e. The molecule has 0 aliphatic heterocycles. The Kier molecular flexibility index (Phi) is 3.87. The monoisotopic (exact) mass is 322 g/mol. The Hall–Kier alpha value is -0.750. The molecule has 1 aromatic rings. The van der Waals surface area contributed by atoms with Crippen LogP contribution in [0.1, 0.15) is 18.4 Å². The first-order chi connectivity index (χ1) is 8.39. The van der Waals surface area contributed by atoms with Crippen molar-refractivity contribution in [2.24, 2.45) is 5.73 Å². The molecule has 6 heteroatoms. The number of hydrogen-bond acceptors (Lipinski definition) is 2. The minimum absolute atomic E-state index is 0.00606. The van der Waals surface area contributed by atoms with Gasteiger partial charge in [0.25, 0.3) is 0 Å². The van der Waals surface area contributed by atoms with Crippen LogP contribution in [0.25, 0.3) is 0 Å². The normalized spacial score (nSPS) is 15.8. The van der Waals surface area contributed by atoms with Crippen LogP contribution in [0, 0.1) is 0 Å². The molecule has 18 heavy (non-hydrogen) atoms. The number of rotatable bonds is 4. The van der Waals surface area contributed by atoms with Crippen LogP contribution in [-0.4, -0.2) is 18.8 Å². The van der Waals surface area contributed by atoms with Crippen molar-refractivity contribution in [3.8, 4) is 0 Å². The van der Waals surface area contributed by atoms with Crippen LogP contribution >= 0.6 is 15.9 Å². The van der Waals surface area contributed by atoms with Crippen LogP contribution < -0.4 is 10.6 Å². The summed E-state index contributed by atoms with van der Waals surface area (Å²) in [6, 6.07) is 5.27. The van der Waals surface area contributed by atoms with Crippen molar-refractivity contribution in [1.82, 2.24) is 0 Å². The highest BCUT2D eigenvalue weighted by molar-refractivity contribution is 9.10. The average molecular weight is 323 g/mol. The van der Waals surface area contributed by atoms with Gasteiger partial charge < -0.3 is 10.6 Å². The number of halogens is 4. The summed E-state index contributed by atoms with van der Waals surface area (Å²) < 4.78 is 38.5. The Bertz CT molecular complexity index is 430. The lowest BCUT2D eigenvalue weighted by Crippen LogP contribution is -2.36. The van der Waals surface area contributed by atoms with Crippen LogP contribution in [-0.2, 0) is 6.54 Å². The van der Waals surface area contributed by atoms with Crippen molar-refractivity contribution in [1.29, 1.82) is 0 Å². The predicted octanol–water partition coefficient (Wildman–Crippen LogP) is 3.44. The van der Waals surface area contributed by atoms with Gasteiger partial charge >= 0.3 is 6.18 Å². The molecule has 1 fully saturated rings. The maximum atomic E-state index is 12.6. The second kappa shape index (κ2) is 5.09. The van der Waals surface area contributed by atoms with Crippen molar-refractivity contribution in [2.45, 2.75) is 31.6 Å². The van der Waals surface area contributed by atoms with Gasteiger partial charge in [-0.25, -0.2) is 0 Å². The minimum atomic E-state index is -4.19. The minimum Gasteiger partial charge on any atom is -0.359 e. The molecule has 0 spiro atoms. The van der Waals surface area contributed by atoms with E-state index in [2.05, 4.69) is 15.9 Å². The van der Waals surface area contributed by atoms with Gasteiger partial charge in [-0.1, -0.05) is 15.9 Å². The maximum absolute atomic E-state index is 12.6. The van der Waals surface area contributed by atoms with Gasteiger partial charge in [-0.3, -0.25) is 0 Å². The molecule has 2 rings (SSSR count). The molecule has 1 aliphatic rings. The molecule has 2 N–H and O–H groups in total. The van der Waals surface area contributed by atoms with E-state index in [9.17, 15) is 13.2 Å². The summed E-state index contributed by atoms with van der Waals surface area (Å²) in [6.45, 7) is -0.588. The van der Waals surface area contributed by atoms with E-state index in [-0.39, 0.29) is 6.04 Å². The van der Waals surface area contributed by atoms with E-state index in [1.807, 2.05) is 6.07 Å². The first-order valence-corrected chi connectivity index (χ1v) is 6.51. The third kappa shape index (κ3) is 3.62. The Morgan fingerprint density at radius 1 is 1.28 bits per heavy atom. The summed E-state index contributed by atoms with van der Waals surface area (Å²) in [5, 5.41) is 0. The molecule has 0 saturated heterocycles. The Labute approximate surface area is 112 Å². The van der Waals surface area contributed by atoms with Gasteiger partial charge in [-0.2, -0.15) is 13.2 Å².